The third-order valence-electron chi connectivity index (χ3n) is 5.56. The first-order valence-electron chi connectivity index (χ1n) is 10.0. The average molecular weight is 419 g/mol. The van der Waals surface area contributed by atoms with Crippen molar-refractivity contribution >= 4 is 21.6 Å². The molecule has 1 fully saturated rings. The summed E-state index contributed by atoms with van der Waals surface area (Å²) < 4.78 is 42.7. The number of hydrogen-bond acceptors (Lipinski definition) is 3. The number of halogens is 1. The second kappa shape index (κ2) is 9.05. The number of amides is 1. The third-order valence-corrected chi connectivity index (χ3v) is 7.04. The molecule has 3 rings (SSSR count). The fraction of sp³-hybridized carbons (Fsp3) is 0.409. The number of carbonyl (C=O) groups excluding carboxylic acids is 1. The van der Waals surface area contributed by atoms with Gasteiger partial charge in [0.05, 0.1) is 10.5 Å². The molecular formula is C22H27FN2O3S. The number of carbonyl (C=O) groups is 1. The molecule has 0 unspecified atom stereocenters. The van der Waals surface area contributed by atoms with Gasteiger partial charge in [0.15, 0.2) is 0 Å². The molecular weight excluding hydrogens is 391 g/mol. The van der Waals surface area contributed by atoms with Crippen LogP contribution in [0.2, 0.25) is 0 Å². The molecule has 1 amide bonds. The lowest BCUT2D eigenvalue weighted by atomic mass is 9.87. The van der Waals surface area contributed by atoms with Gasteiger partial charge in [-0.3, -0.25) is 4.79 Å². The molecule has 2 N–H and O–H groups in total. The van der Waals surface area contributed by atoms with Crippen LogP contribution in [0.15, 0.2) is 47.4 Å². The molecule has 29 heavy (non-hydrogen) atoms. The lowest BCUT2D eigenvalue weighted by Crippen LogP contribution is -2.41. The highest BCUT2D eigenvalue weighted by Gasteiger charge is 2.27. The van der Waals surface area contributed by atoms with E-state index in [0.29, 0.717) is 12.1 Å². The van der Waals surface area contributed by atoms with Crippen molar-refractivity contribution in [2.24, 2.45) is 5.92 Å². The van der Waals surface area contributed by atoms with Gasteiger partial charge in [-0.2, -0.15) is 0 Å². The Balaban J connectivity index is 1.84. The Kier molecular flexibility index (Phi) is 6.70. The van der Waals surface area contributed by atoms with Crippen LogP contribution < -0.4 is 10.0 Å². The Morgan fingerprint density at radius 3 is 2.59 bits per heavy atom. The number of sulfonamides is 1. The molecule has 0 aliphatic heterocycles. The highest BCUT2D eigenvalue weighted by atomic mass is 32.2. The van der Waals surface area contributed by atoms with Crippen molar-refractivity contribution in [3.8, 4) is 0 Å². The summed E-state index contributed by atoms with van der Waals surface area (Å²) in [6.45, 7) is 3.98. The second-order valence-corrected chi connectivity index (χ2v) is 9.31. The average Bonchev–Trinajstić information content (AvgIpc) is 2.70. The van der Waals surface area contributed by atoms with Crippen LogP contribution in [0.25, 0.3) is 0 Å². The van der Waals surface area contributed by atoms with Gasteiger partial charge < -0.3 is 5.32 Å². The number of nitrogens with one attached hydrogen (secondary N) is 2. The highest BCUT2D eigenvalue weighted by Crippen LogP contribution is 2.26. The lowest BCUT2D eigenvalue weighted by molar-refractivity contribution is 0.102. The zero-order chi connectivity index (χ0) is 21.0. The van der Waals surface area contributed by atoms with Crippen LogP contribution in [0.5, 0.6) is 0 Å². The van der Waals surface area contributed by atoms with Crippen molar-refractivity contribution in [1.82, 2.24) is 4.72 Å². The molecule has 0 heterocycles. The molecule has 2 atom stereocenters. The summed E-state index contributed by atoms with van der Waals surface area (Å²) >= 11 is 0. The fourth-order valence-electron chi connectivity index (χ4n) is 3.74. The normalized spacial score (nSPS) is 19.7. The summed E-state index contributed by atoms with van der Waals surface area (Å²) in [7, 11) is -3.85. The molecule has 0 spiro atoms. The molecule has 5 nitrogen and oxygen atoms in total. The van der Waals surface area contributed by atoms with E-state index < -0.39 is 21.7 Å². The summed E-state index contributed by atoms with van der Waals surface area (Å²) in [6.07, 6.45) is 4.53. The largest absolute Gasteiger partial charge is 0.322 e. The van der Waals surface area contributed by atoms with E-state index in [1.165, 1.54) is 6.07 Å². The van der Waals surface area contributed by atoms with Crippen molar-refractivity contribution in [3.05, 3.63) is 59.4 Å². The van der Waals surface area contributed by atoms with Crippen molar-refractivity contribution in [2.75, 3.05) is 5.32 Å². The van der Waals surface area contributed by atoms with E-state index in [4.69, 9.17) is 0 Å². The molecule has 0 radical (unpaired) electrons. The minimum Gasteiger partial charge on any atom is -0.322 e. The third kappa shape index (κ3) is 5.03. The summed E-state index contributed by atoms with van der Waals surface area (Å²) in [6, 6.07) is 10.4. The molecule has 1 saturated carbocycles. The summed E-state index contributed by atoms with van der Waals surface area (Å²) in [5.74, 6) is -1.19. The van der Waals surface area contributed by atoms with Crippen LogP contribution in [0.3, 0.4) is 0 Å². The van der Waals surface area contributed by atoms with E-state index in [2.05, 4.69) is 10.0 Å². The van der Waals surface area contributed by atoms with E-state index >= 15 is 0 Å². The van der Waals surface area contributed by atoms with Gasteiger partial charge in [0.25, 0.3) is 5.91 Å². The topological polar surface area (TPSA) is 75.3 Å². The van der Waals surface area contributed by atoms with Gasteiger partial charge in [0, 0.05) is 11.7 Å². The molecule has 2 aromatic carbocycles. The van der Waals surface area contributed by atoms with Gasteiger partial charge in [-0.1, -0.05) is 44.9 Å². The van der Waals surface area contributed by atoms with E-state index in [1.807, 2.05) is 26.0 Å². The number of rotatable bonds is 6. The Labute approximate surface area is 171 Å². The molecule has 7 heteroatoms. The number of aryl methyl sites for hydroxylation is 1. The first kappa shape index (κ1) is 21.5. The van der Waals surface area contributed by atoms with Crippen molar-refractivity contribution < 1.29 is 17.6 Å². The van der Waals surface area contributed by atoms with Gasteiger partial charge in [-0.05, 0) is 55.0 Å². The standard InChI is InChI=1S/C22H27FN2O3S/c1-3-16-9-5-7-11-21(16)24-22(26)18-14-17(12-13-19(18)23)29(27,28)25-20-10-6-4-8-15(20)2/h5,7,9,11-15,20,25H,3-4,6,8,10H2,1-2H3,(H,24,26)/t15-,20-/m1/s1. The maximum absolute atomic E-state index is 14.3. The minimum atomic E-state index is -3.85. The Morgan fingerprint density at radius 2 is 1.86 bits per heavy atom. The SMILES string of the molecule is CCc1ccccc1NC(=O)c1cc(S(=O)(=O)N[C@@H]2CCCC[C@H]2C)ccc1F. The maximum atomic E-state index is 14.3. The smallest absolute Gasteiger partial charge is 0.258 e. The second-order valence-electron chi connectivity index (χ2n) is 7.60. The quantitative estimate of drug-likeness (QED) is 0.725. The molecule has 0 saturated heterocycles. The van der Waals surface area contributed by atoms with E-state index in [9.17, 15) is 17.6 Å². The van der Waals surface area contributed by atoms with Gasteiger partial charge in [0.1, 0.15) is 5.82 Å². The molecule has 0 bridgehead atoms. The first-order chi connectivity index (χ1) is 13.8. The monoisotopic (exact) mass is 418 g/mol. The van der Waals surface area contributed by atoms with Crippen molar-refractivity contribution in [2.45, 2.75) is 56.9 Å². The van der Waals surface area contributed by atoms with Gasteiger partial charge in [-0.25, -0.2) is 17.5 Å². The molecule has 1 aliphatic carbocycles. The maximum Gasteiger partial charge on any atom is 0.258 e. The Bertz CT molecular complexity index is 991. The number of hydrogen-bond donors (Lipinski definition) is 2. The highest BCUT2D eigenvalue weighted by molar-refractivity contribution is 7.89. The number of benzene rings is 2. The van der Waals surface area contributed by atoms with Crippen LogP contribution in [-0.4, -0.2) is 20.4 Å². The molecule has 156 valence electrons. The molecule has 1 aliphatic rings. The summed E-state index contributed by atoms with van der Waals surface area (Å²) in [5, 5.41) is 2.69. The Morgan fingerprint density at radius 1 is 1.14 bits per heavy atom. The van der Waals surface area contributed by atoms with E-state index in [-0.39, 0.29) is 22.4 Å². The lowest BCUT2D eigenvalue weighted by Gasteiger charge is -2.29. The zero-order valence-corrected chi connectivity index (χ0v) is 17.6. The predicted octanol–water partition coefficient (Wildman–Crippen LogP) is 4.50. The Hall–Kier alpha value is -2.25. The van der Waals surface area contributed by atoms with E-state index in [1.54, 1.807) is 12.1 Å². The van der Waals surface area contributed by atoms with Crippen LogP contribution >= 0.6 is 0 Å². The number of anilines is 1. The van der Waals surface area contributed by atoms with Crippen molar-refractivity contribution in [1.29, 1.82) is 0 Å². The molecule has 0 aromatic heterocycles. The zero-order valence-electron chi connectivity index (χ0n) is 16.7. The van der Waals surface area contributed by atoms with Gasteiger partial charge in [-0.15, -0.1) is 0 Å². The van der Waals surface area contributed by atoms with Gasteiger partial charge in [0.2, 0.25) is 10.0 Å². The molecule has 2 aromatic rings. The minimum absolute atomic E-state index is 0.106. The predicted molar refractivity (Wildman–Crippen MR) is 112 cm³/mol. The van der Waals surface area contributed by atoms with Crippen LogP contribution in [-0.2, 0) is 16.4 Å². The van der Waals surface area contributed by atoms with Crippen LogP contribution in [0, 0.1) is 11.7 Å². The summed E-state index contributed by atoms with van der Waals surface area (Å²) in [5.41, 5.74) is 1.20. The van der Waals surface area contributed by atoms with Crippen LogP contribution in [0.4, 0.5) is 10.1 Å². The first-order valence-corrected chi connectivity index (χ1v) is 11.5. The number of para-hydroxylation sites is 1. The van der Waals surface area contributed by atoms with E-state index in [0.717, 1.165) is 43.4 Å². The van der Waals surface area contributed by atoms with Crippen LogP contribution in [0.1, 0.15) is 55.5 Å². The van der Waals surface area contributed by atoms with Gasteiger partial charge >= 0.3 is 0 Å². The fourth-order valence-corrected chi connectivity index (χ4v) is 5.15. The summed E-state index contributed by atoms with van der Waals surface area (Å²) in [4.78, 5) is 12.6. The van der Waals surface area contributed by atoms with Crippen molar-refractivity contribution in [3.63, 3.8) is 0 Å².